The van der Waals surface area contributed by atoms with Gasteiger partial charge in [0.25, 0.3) is 0 Å². The Kier molecular flexibility index (Phi) is 3.13. The molecule has 102 valence electrons. The number of hydrogen-bond donors (Lipinski definition) is 0. The third kappa shape index (κ3) is 2.11. The number of benzene rings is 4. The van der Waals surface area contributed by atoms with Crippen LogP contribution in [0.1, 0.15) is 6.92 Å². The standard InChI is InChI=1S/C20H17P/c1-2-21-19-9-5-8-14-10-11-17-12-15-6-3-4-7-16(15)13-18(17)20(14)19/h3-13,21H,2H2,1H3. The molecule has 0 heterocycles. The lowest BCUT2D eigenvalue weighted by Gasteiger charge is -2.10. The van der Waals surface area contributed by atoms with Gasteiger partial charge in [-0.15, -0.1) is 0 Å². The maximum absolute atomic E-state index is 2.36. The Morgan fingerprint density at radius 3 is 2.24 bits per heavy atom. The highest BCUT2D eigenvalue weighted by molar-refractivity contribution is 7.47. The minimum Gasteiger partial charge on any atom is -0.0900 e. The zero-order valence-electron chi connectivity index (χ0n) is 12.1. The molecule has 0 amide bonds. The van der Waals surface area contributed by atoms with Crippen LogP contribution in [0.3, 0.4) is 0 Å². The lowest BCUT2D eigenvalue weighted by molar-refractivity contribution is 1.52. The number of fused-ring (bicyclic) bond motifs is 4. The molecule has 0 saturated heterocycles. The van der Waals surface area contributed by atoms with Crippen LogP contribution in [-0.2, 0) is 0 Å². The van der Waals surface area contributed by atoms with E-state index < -0.39 is 0 Å². The lowest BCUT2D eigenvalue weighted by atomic mass is 9.98. The molecule has 21 heavy (non-hydrogen) atoms. The average Bonchev–Trinajstić information content (AvgIpc) is 2.53. The van der Waals surface area contributed by atoms with Crippen molar-refractivity contribution in [2.45, 2.75) is 6.92 Å². The van der Waals surface area contributed by atoms with Gasteiger partial charge in [0.15, 0.2) is 0 Å². The monoisotopic (exact) mass is 288 g/mol. The van der Waals surface area contributed by atoms with Crippen molar-refractivity contribution in [1.29, 1.82) is 0 Å². The molecular formula is C20H17P. The summed E-state index contributed by atoms with van der Waals surface area (Å²) in [6, 6.07) is 24.5. The summed E-state index contributed by atoms with van der Waals surface area (Å²) in [5.74, 6) is 0. The molecule has 0 N–H and O–H groups in total. The molecule has 1 heteroatoms. The normalized spacial score (nSPS) is 12.0. The van der Waals surface area contributed by atoms with E-state index in [0.29, 0.717) is 0 Å². The first-order valence-corrected chi connectivity index (χ1v) is 8.65. The van der Waals surface area contributed by atoms with Gasteiger partial charge in [-0.1, -0.05) is 70.1 Å². The maximum Gasteiger partial charge on any atom is -0.00308 e. The van der Waals surface area contributed by atoms with Crippen LogP contribution in [0.4, 0.5) is 0 Å². The lowest BCUT2D eigenvalue weighted by Crippen LogP contribution is -1.97. The Morgan fingerprint density at radius 1 is 0.714 bits per heavy atom. The molecule has 4 aromatic carbocycles. The molecule has 1 unspecified atom stereocenters. The van der Waals surface area contributed by atoms with Crippen molar-refractivity contribution in [3.8, 4) is 0 Å². The van der Waals surface area contributed by atoms with Crippen LogP contribution in [0.5, 0.6) is 0 Å². The molecule has 0 spiro atoms. The summed E-state index contributed by atoms with van der Waals surface area (Å²) < 4.78 is 0. The Labute approximate surface area is 126 Å². The van der Waals surface area contributed by atoms with Gasteiger partial charge in [0, 0.05) is 0 Å². The van der Waals surface area contributed by atoms with Gasteiger partial charge in [-0.2, -0.15) is 0 Å². The van der Waals surface area contributed by atoms with E-state index in [1.165, 1.54) is 43.8 Å². The van der Waals surface area contributed by atoms with Gasteiger partial charge >= 0.3 is 0 Å². The Morgan fingerprint density at radius 2 is 1.43 bits per heavy atom. The summed E-state index contributed by atoms with van der Waals surface area (Å²) >= 11 is 0. The summed E-state index contributed by atoms with van der Waals surface area (Å²) in [4.78, 5) is 0. The van der Waals surface area contributed by atoms with Crippen LogP contribution in [0.2, 0.25) is 0 Å². The molecule has 0 aromatic heterocycles. The molecule has 0 radical (unpaired) electrons. The van der Waals surface area contributed by atoms with Crippen LogP contribution in [0.25, 0.3) is 32.3 Å². The van der Waals surface area contributed by atoms with E-state index in [0.717, 1.165) is 8.58 Å². The zero-order valence-corrected chi connectivity index (χ0v) is 13.1. The first-order valence-electron chi connectivity index (χ1n) is 7.45. The Hall–Kier alpha value is -1.91. The third-order valence-corrected chi connectivity index (χ3v) is 5.24. The summed E-state index contributed by atoms with van der Waals surface area (Å²) in [7, 11) is 0.881. The fourth-order valence-electron chi connectivity index (χ4n) is 3.14. The van der Waals surface area contributed by atoms with Gasteiger partial charge in [0.05, 0.1) is 0 Å². The van der Waals surface area contributed by atoms with Gasteiger partial charge in [0.2, 0.25) is 0 Å². The van der Waals surface area contributed by atoms with Gasteiger partial charge in [0.1, 0.15) is 0 Å². The molecule has 0 aliphatic heterocycles. The quantitative estimate of drug-likeness (QED) is 0.261. The van der Waals surface area contributed by atoms with Crippen LogP contribution >= 0.6 is 8.58 Å². The molecule has 0 fully saturated rings. The van der Waals surface area contributed by atoms with E-state index in [9.17, 15) is 0 Å². The molecule has 0 bridgehead atoms. The SMILES string of the molecule is CCPc1cccc2ccc3cc4ccccc4cc3c12. The van der Waals surface area contributed by atoms with Crippen molar-refractivity contribution in [1.82, 2.24) is 0 Å². The number of rotatable bonds is 2. The topological polar surface area (TPSA) is 0 Å². The minimum absolute atomic E-state index is 0.881. The molecule has 0 nitrogen and oxygen atoms in total. The number of hydrogen-bond acceptors (Lipinski definition) is 0. The van der Waals surface area contributed by atoms with Crippen molar-refractivity contribution in [2.24, 2.45) is 0 Å². The van der Waals surface area contributed by atoms with E-state index in [-0.39, 0.29) is 0 Å². The fraction of sp³-hybridized carbons (Fsp3) is 0.100. The van der Waals surface area contributed by atoms with E-state index in [1.807, 2.05) is 0 Å². The second kappa shape index (κ2) is 5.13. The van der Waals surface area contributed by atoms with E-state index in [2.05, 4.69) is 73.7 Å². The van der Waals surface area contributed by atoms with Gasteiger partial charge in [-0.05, 0) is 55.9 Å². The highest BCUT2D eigenvalue weighted by Crippen LogP contribution is 2.30. The summed E-state index contributed by atoms with van der Waals surface area (Å²) in [6.45, 7) is 2.26. The van der Waals surface area contributed by atoms with Crippen LogP contribution < -0.4 is 5.30 Å². The highest BCUT2D eigenvalue weighted by atomic mass is 31.1. The molecule has 4 rings (SSSR count). The average molecular weight is 288 g/mol. The van der Waals surface area contributed by atoms with Crippen molar-refractivity contribution in [3.63, 3.8) is 0 Å². The summed E-state index contributed by atoms with van der Waals surface area (Å²) in [6.07, 6.45) is 1.21. The van der Waals surface area contributed by atoms with E-state index in [1.54, 1.807) is 0 Å². The van der Waals surface area contributed by atoms with Crippen molar-refractivity contribution >= 4 is 46.2 Å². The summed E-state index contributed by atoms with van der Waals surface area (Å²) in [5.41, 5.74) is 0. The van der Waals surface area contributed by atoms with Crippen LogP contribution in [0.15, 0.2) is 66.7 Å². The second-order valence-corrected chi connectivity index (χ2v) is 7.02. The van der Waals surface area contributed by atoms with Gasteiger partial charge in [-0.3, -0.25) is 0 Å². The first-order chi connectivity index (χ1) is 10.4. The molecule has 0 saturated carbocycles. The second-order valence-electron chi connectivity index (χ2n) is 5.42. The third-order valence-electron chi connectivity index (χ3n) is 4.09. The first kappa shape index (κ1) is 12.8. The molecule has 0 aliphatic rings. The maximum atomic E-state index is 2.36. The fourth-order valence-corrected chi connectivity index (χ4v) is 4.19. The molecule has 4 aromatic rings. The minimum atomic E-state index is 0.881. The largest absolute Gasteiger partial charge is 0.0900 e. The summed E-state index contributed by atoms with van der Waals surface area (Å²) in [5, 5.41) is 9.68. The van der Waals surface area contributed by atoms with Crippen molar-refractivity contribution in [2.75, 3.05) is 6.16 Å². The van der Waals surface area contributed by atoms with Gasteiger partial charge in [-0.25, -0.2) is 0 Å². The predicted octanol–water partition coefficient (Wildman–Crippen LogP) is 5.47. The van der Waals surface area contributed by atoms with Crippen molar-refractivity contribution in [3.05, 3.63) is 66.7 Å². The highest BCUT2D eigenvalue weighted by Gasteiger charge is 2.06. The smallest absolute Gasteiger partial charge is 0.00308 e. The Bertz CT molecular complexity index is 954. The molecule has 0 aliphatic carbocycles. The van der Waals surface area contributed by atoms with Crippen LogP contribution in [0, 0.1) is 0 Å². The Balaban J connectivity index is 2.18. The van der Waals surface area contributed by atoms with Gasteiger partial charge < -0.3 is 0 Å². The zero-order chi connectivity index (χ0) is 14.2. The van der Waals surface area contributed by atoms with E-state index >= 15 is 0 Å². The molecule has 1 atom stereocenters. The predicted molar refractivity (Wildman–Crippen MR) is 97.5 cm³/mol. The van der Waals surface area contributed by atoms with Crippen LogP contribution in [-0.4, -0.2) is 6.16 Å². The molecular weight excluding hydrogens is 271 g/mol. The van der Waals surface area contributed by atoms with E-state index in [4.69, 9.17) is 0 Å². The van der Waals surface area contributed by atoms with Crippen molar-refractivity contribution < 1.29 is 0 Å².